The summed E-state index contributed by atoms with van der Waals surface area (Å²) in [6, 6.07) is 39.2. The highest BCUT2D eigenvalue weighted by Crippen LogP contribution is 2.43. The molecule has 0 unspecified atom stereocenters. The van der Waals surface area contributed by atoms with Crippen LogP contribution in [0.5, 0.6) is 0 Å². The Kier molecular flexibility index (Phi) is 11.9. The number of carbonyl (C=O) groups excluding carboxylic acids is 4. The van der Waals surface area contributed by atoms with Crippen LogP contribution in [0.25, 0.3) is 17.4 Å². The molecule has 0 radical (unpaired) electrons. The van der Waals surface area contributed by atoms with Gasteiger partial charge in [-0.1, -0.05) is 78.9 Å². The Bertz CT molecular complexity index is 2370. The fraction of sp³-hybridized carbons (Fsp3) is 0.156. The van der Waals surface area contributed by atoms with Crippen LogP contribution >= 0.6 is 23.1 Å². The topological polar surface area (TPSA) is 127 Å². The highest BCUT2D eigenvalue weighted by molar-refractivity contribution is 8.00. The van der Waals surface area contributed by atoms with Gasteiger partial charge in [-0.25, -0.2) is 4.79 Å². The molecule has 4 aromatic carbocycles. The Balaban J connectivity index is 1.02. The van der Waals surface area contributed by atoms with Crippen molar-refractivity contribution in [1.29, 1.82) is 0 Å². The highest BCUT2D eigenvalue weighted by atomic mass is 32.2. The maximum absolute atomic E-state index is 13.6. The predicted octanol–water partition coefficient (Wildman–Crippen LogP) is 9.60. The second-order valence-electron chi connectivity index (χ2n) is 13.2. The number of thioether (sulfide) groups is 1. The van der Waals surface area contributed by atoms with Crippen molar-refractivity contribution in [1.82, 2.24) is 5.32 Å². The van der Waals surface area contributed by atoms with Crippen LogP contribution in [0.15, 0.2) is 142 Å². The molecule has 3 amide bonds. The van der Waals surface area contributed by atoms with Crippen LogP contribution in [0.3, 0.4) is 0 Å². The van der Waals surface area contributed by atoms with Gasteiger partial charge in [-0.15, -0.1) is 23.1 Å². The van der Waals surface area contributed by atoms with Gasteiger partial charge in [0.05, 0.1) is 17.9 Å². The van der Waals surface area contributed by atoms with Gasteiger partial charge in [0, 0.05) is 32.7 Å². The minimum absolute atomic E-state index is 0.00581. The molecule has 0 saturated heterocycles. The lowest BCUT2D eigenvalue weighted by atomic mass is 9.83. The second-order valence-corrected chi connectivity index (χ2v) is 15.7. The number of amides is 3. The molecule has 0 spiro atoms. The van der Waals surface area contributed by atoms with Crippen LogP contribution in [0, 0.1) is 0 Å². The van der Waals surface area contributed by atoms with Crippen molar-refractivity contribution in [3.63, 3.8) is 0 Å². The fourth-order valence-corrected chi connectivity index (χ4v) is 8.75. The first-order valence-corrected chi connectivity index (χ1v) is 19.9. The third-order valence-corrected chi connectivity index (χ3v) is 11.7. The van der Waals surface area contributed by atoms with E-state index in [9.17, 15) is 19.2 Å². The van der Waals surface area contributed by atoms with Gasteiger partial charge in [0.1, 0.15) is 22.2 Å². The van der Waals surface area contributed by atoms with Gasteiger partial charge in [-0.3, -0.25) is 14.4 Å². The van der Waals surface area contributed by atoms with Crippen LogP contribution in [-0.2, 0) is 27.2 Å². The van der Waals surface area contributed by atoms with Gasteiger partial charge in [0.2, 0.25) is 5.91 Å². The number of esters is 1. The first-order valence-electron chi connectivity index (χ1n) is 18.2. The van der Waals surface area contributed by atoms with Gasteiger partial charge >= 0.3 is 5.97 Å². The van der Waals surface area contributed by atoms with E-state index in [-0.39, 0.29) is 11.6 Å². The number of rotatable bonds is 12. The van der Waals surface area contributed by atoms with Crippen molar-refractivity contribution in [3.8, 4) is 11.3 Å². The van der Waals surface area contributed by atoms with E-state index >= 15 is 0 Å². The Morgan fingerprint density at radius 3 is 2.21 bits per heavy atom. The van der Waals surface area contributed by atoms with Crippen molar-refractivity contribution < 1.29 is 28.3 Å². The zero-order valence-corrected chi connectivity index (χ0v) is 32.4. The number of furan rings is 1. The third kappa shape index (κ3) is 9.02. The molecular formula is C45H39N3O6S2. The number of benzene rings is 4. The van der Waals surface area contributed by atoms with Gasteiger partial charge in [0.15, 0.2) is 0 Å². The molecular weight excluding hydrogens is 743 g/mol. The highest BCUT2D eigenvalue weighted by Gasteiger charge is 2.31. The fourth-order valence-electron chi connectivity index (χ4n) is 6.56. The Morgan fingerprint density at radius 2 is 1.52 bits per heavy atom. The molecule has 9 nitrogen and oxygen atoms in total. The number of fused-ring (bicyclic) bond motifs is 1. The zero-order chi connectivity index (χ0) is 39.0. The van der Waals surface area contributed by atoms with Gasteiger partial charge in [-0.05, 0) is 91.8 Å². The maximum Gasteiger partial charge on any atom is 0.341 e. The molecule has 11 heteroatoms. The molecule has 6 aromatic rings. The van der Waals surface area contributed by atoms with Gasteiger partial charge < -0.3 is 25.1 Å². The van der Waals surface area contributed by atoms with Crippen molar-refractivity contribution in [2.24, 2.45) is 0 Å². The van der Waals surface area contributed by atoms with E-state index in [1.165, 1.54) is 41.8 Å². The smallest absolute Gasteiger partial charge is 0.341 e. The monoisotopic (exact) mass is 781 g/mol. The van der Waals surface area contributed by atoms with E-state index in [0.717, 1.165) is 40.2 Å². The Morgan fingerprint density at radius 1 is 0.839 bits per heavy atom. The van der Waals surface area contributed by atoms with E-state index in [1.807, 2.05) is 60.7 Å². The average molecular weight is 782 g/mol. The molecule has 2 heterocycles. The summed E-state index contributed by atoms with van der Waals surface area (Å²) in [5.41, 5.74) is 4.43. The summed E-state index contributed by atoms with van der Waals surface area (Å²) in [7, 11) is 1.36. The molecule has 2 atom stereocenters. The van der Waals surface area contributed by atoms with E-state index in [1.54, 1.807) is 61.5 Å². The van der Waals surface area contributed by atoms with Crippen LogP contribution in [-0.4, -0.2) is 36.1 Å². The van der Waals surface area contributed by atoms with E-state index in [2.05, 4.69) is 28.1 Å². The average Bonchev–Trinajstić information content (AvgIpc) is 3.86. The normalized spacial score (nSPS) is 14.2. The summed E-state index contributed by atoms with van der Waals surface area (Å²) >= 11 is 2.80. The number of carbonyl (C=O) groups is 4. The predicted molar refractivity (Wildman–Crippen MR) is 222 cm³/mol. The molecule has 0 bridgehead atoms. The third-order valence-electron chi connectivity index (χ3n) is 9.46. The number of methoxy groups -OCH3 is 1. The van der Waals surface area contributed by atoms with Crippen molar-refractivity contribution in [2.75, 3.05) is 17.7 Å². The lowest BCUT2D eigenvalue weighted by molar-refractivity contribution is -0.115. The quantitative estimate of drug-likeness (QED) is 0.0641. The number of hydrogen-bond acceptors (Lipinski definition) is 8. The number of thiophene rings is 1. The van der Waals surface area contributed by atoms with Gasteiger partial charge in [-0.2, -0.15) is 0 Å². The lowest BCUT2D eigenvalue weighted by Crippen LogP contribution is -2.30. The first kappa shape index (κ1) is 38.1. The first-order chi connectivity index (χ1) is 27.2. The minimum Gasteiger partial charge on any atom is -0.465 e. The summed E-state index contributed by atoms with van der Waals surface area (Å²) < 4.78 is 11.1. The SMILES string of the molecule is COC(=O)c1c(NC(=O)[C@@H](C)Sc2ccc(NC(=O)/C(=C/c3ccc(-c4ccccc4)o3)NC(=O)c3ccccc3)cc2)sc2c1CC[C@H](c1ccccc1)C2. The summed E-state index contributed by atoms with van der Waals surface area (Å²) in [6.45, 7) is 1.80. The van der Waals surface area contributed by atoms with Crippen molar-refractivity contribution >= 4 is 63.6 Å². The summed E-state index contributed by atoms with van der Waals surface area (Å²) in [5, 5.41) is 8.62. The number of ether oxygens (including phenoxy) is 1. The summed E-state index contributed by atoms with van der Waals surface area (Å²) in [5.74, 6) is -0.329. The molecule has 7 rings (SSSR count). The molecule has 0 saturated carbocycles. The Labute approximate surface area is 333 Å². The summed E-state index contributed by atoms with van der Waals surface area (Å²) in [6.07, 6.45) is 3.93. The molecule has 0 aliphatic heterocycles. The van der Waals surface area contributed by atoms with Gasteiger partial charge in [0.25, 0.3) is 11.8 Å². The van der Waals surface area contributed by atoms with Crippen molar-refractivity contribution in [3.05, 3.63) is 166 Å². The van der Waals surface area contributed by atoms with Crippen LogP contribution in [0.2, 0.25) is 0 Å². The molecule has 1 aliphatic carbocycles. The zero-order valence-electron chi connectivity index (χ0n) is 30.7. The number of hydrogen-bond donors (Lipinski definition) is 3. The molecule has 0 fully saturated rings. The summed E-state index contributed by atoms with van der Waals surface area (Å²) in [4.78, 5) is 55.1. The largest absolute Gasteiger partial charge is 0.465 e. The molecule has 56 heavy (non-hydrogen) atoms. The minimum atomic E-state index is -0.546. The number of nitrogens with one attached hydrogen (secondary N) is 3. The van der Waals surface area contributed by atoms with Crippen molar-refractivity contribution in [2.45, 2.75) is 42.2 Å². The van der Waals surface area contributed by atoms with E-state index < -0.39 is 23.0 Å². The van der Waals surface area contributed by atoms with Crippen LogP contribution < -0.4 is 16.0 Å². The second kappa shape index (κ2) is 17.5. The lowest BCUT2D eigenvalue weighted by Gasteiger charge is -2.22. The Hall–Kier alpha value is -6.17. The maximum atomic E-state index is 13.6. The van der Waals surface area contributed by atoms with Crippen LogP contribution in [0.4, 0.5) is 10.7 Å². The molecule has 1 aliphatic rings. The van der Waals surface area contributed by atoms with Crippen LogP contribution in [0.1, 0.15) is 61.7 Å². The molecule has 282 valence electrons. The van der Waals surface area contributed by atoms with E-state index in [0.29, 0.717) is 39.3 Å². The van der Waals surface area contributed by atoms with E-state index in [4.69, 9.17) is 9.15 Å². The molecule has 2 aromatic heterocycles. The number of anilines is 2. The standard InChI is InChI=1S/C45H39N3O6S2/c1-28(41(49)48-44-40(45(52)53-2)36-24-18-32(26-39(36)56-44)29-12-6-3-7-13-29)55-35-22-19-33(20-23-35)46-43(51)37(47-42(50)31-16-10-5-11-17-31)27-34-21-25-38(54-34)30-14-8-4-9-15-30/h3-17,19-23,25,27-28,32H,18,24,26H2,1-2H3,(H,46,51)(H,47,50)(H,48,49)/b37-27-/t28-,32+/m1/s1. The molecule has 3 N–H and O–H groups in total.